The normalized spacial score (nSPS) is 11.7. The van der Waals surface area contributed by atoms with Crippen molar-refractivity contribution in [2.45, 2.75) is 6.54 Å². The van der Waals surface area contributed by atoms with Crippen molar-refractivity contribution in [2.24, 2.45) is 0 Å². The molecule has 2 N–H and O–H groups in total. The summed E-state index contributed by atoms with van der Waals surface area (Å²) in [6.45, 7) is 0.907. The van der Waals surface area contributed by atoms with Crippen molar-refractivity contribution in [2.75, 3.05) is 38.5 Å². The smallest absolute Gasteiger partial charge is 0.302 e. The van der Waals surface area contributed by atoms with Gasteiger partial charge in [-0.25, -0.2) is 23.1 Å². The molecule has 0 radical (unpaired) electrons. The van der Waals surface area contributed by atoms with Crippen LogP contribution in [0.2, 0.25) is 0 Å². The Balaban J connectivity index is 1.48. The first kappa shape index (κ1) is 26.1. The second-order valence-electron chi connectivity index (χ2n) is 8.44. The van der Waals surface area contributed by atoms with Crippen LogP contribution < -0.4 is 14.3 Å². The van der Waals surface area contributed by atoms with Gasteiger partial charge in [-0.3, -0.25) is 9.78 Å². The van der Waals surface area contributed by atoms with Crippen LogP contribution in [0, 0.1) is 5.82 Å². The highest BCUT2D eigenvalue weighted by molar-refractivity contribution is 7.90. The van der Waals surface area contributed by atoms with Crippen LogP contribution in [0.25, 0.3) is 16.6 Å². The summed E-state index contributed by atoms with van der Waals surface area (Å²) in [5, 5.41) is 7.77. The Morgan fingerprint density at radius 3 is 2.43 bits per heavy atom. The highest BCUT2D eigenvalue weighted by atomic mass is 32.2. The number of aromatic nitrogens is 4. The fourth-order valence-electron chi connectivity index (χ4n) is 3.62. The van der Waals surface area contributed by atoms with Gasteiger partial charge in [-0.1, -0.05) is 6.07 Å². The summed E-state index contributed by atoms with van der Waals surface area (Å²) in [7, 11) is 1.32. The topological polar surface area (TPSA) is 125 Å². The molecular weight excluding hydrogens is 499 g/mol. The van der Waals surface area contributed by atoms with Gasteiger partial charge in [-0.15, -0.1) is 0 Å². The minimum absolute atomic E-state index is 0.172. The first-order chi connectivity index (χ1) is 17.7. The molecule has 37 heavy (non-hydrogen) atoms. The van der Waals surface area contributed by atoms with E-state index < -0.39 is 10.2 Å². The number of fused-ring (bicyclic) bond motifs is 1. The van der Waals surface area contributed by atoms with Gasteiger partial charge in [-0.2, -0.15) is 13.5 Å². The van der Waals surface area contributed by atoms with Crippen molar-refractivity contribution >= 4 is 32.8 Å². The van der Waals surface area contributed by atoms with Gasteiger partial charge in [0, 0.05) is 44.5 Å². The van der Waals surface area contributed by atoms with Crippen molar-refractivity contribution in [1.29, 1.82) is 0 Å². The van der Waals surface area contributed by atoms with E-state index in [1.54, 1.807) is 41.3 Å². The maximum atomic E-state index is 13.3. The van der Waals surface area contributed by atoms with Crippen molar-refractivity contribution < 1.29 is 17.6 Å². The number of hydrogen-bond acceptors (Lipinski definition) is 7. The second-order valence-corrected chi connectivity index (χ2v) is 10.2. The van der Waals surface area contributed by atoms with Crippen LogP contribution >= 0.6 is 0 Å². The molecule has 11 nitrogen and oxygen atoms in total. The van der Waals surface area contributed by atoms with E-state index in [2.05, 4.69) is 25.1 Å². The van der Waals surface area contributed by atoms with Gasteiger partial charge >= 0.3 is 10.2 Å². The molecule has 0 atom stereocenters. The zero-order chi connectivity index (χ0) is 26.6. The summed E-state index contributed by atoms with van der Waals surface area (Å²) in [6.07, 6.45) is 6.14. The third kappa shape index (κ3) is 5.90. The van der Waals surface area contributed by atoms with Gasteiger partial charge in [0.1, 0.15) is 11.6 Å². The Kier molecular flexibility index (Phi) is 7.76. The van der Waals surface area contributed by atoms with Crippen LogP contribution in [0.5, 0.6) is 0 Å². The Labute approximate surface area is 214 Å². The molecule has 13 heteroatoms. The van der Waals surface area contributed by atoms with E-state index in [1.807, 2.05) is 19.0 Å². The van der Waals surface area contributed by atoms with Crippen molar-refractivity contribution in [3.05, 3.63) is 78.1 Å². The standard InChI is InChI=1S/C24H27FN8O3S/c1-26-37(35,36)32(11-10-31(2)3)23-9-4-17(12-28-23)13-29-24(34)21-14-27-16-22-20(21)15-30-33(22)19-7-5-18(25)6-8-19/h4-9,12,14-16,26H,10-11,13H2,1-3H3,(H,29,34). The van der Waals surface area contributed by atoms with Crippen LogP contribution in [-0.4, -0.2) is 73.2 Å². The fourth-order valence-corrected chi connectivity index (χ4v) is 4.51. The number of nitrogens with zero attached hydrogens (tertiary/aromatic N) is 6. The molecule has 0 saturated heterocycles. The molecule has 0 aliphatic rings. The summed E-state index contributed by atoms with van der Waals surface area (Å²) in [6, 6.07) is 9.16. The van der Waals surface area contributed by atoms with Crippen LogP contribution in [0.1, 0.15) is 15.9 Å². The van der Waals surface area contributed by atoms with Gasteiger partial charge < -0.3 is 10.2 Å². The number of pyridine rings is 2. The molecule has 0 aliphatic heterocycles. The predicted molar refractivity (Wildman–Crippen MR) is 138 cm³/mol. The third-order valence-electron chi connectivity index (χ3n) is 5.63. The Hall–Kier alpha value is -3.94. The highest BCUT2D eigenvalue weighted by Gasteiger charge is 2.22. The average molecular weight is 527 g/mol. The number of benzene rings is 1. The molecule has 4 aromatic rings. The van der Waals surface area contributed by atoms with Gasteiger partial charge in [0.2, 0.25) is 0 Å². The third-order valence-corrected chi connectivity index (χ3v) is 7.09. The highest BCUT2D eigenvalue weighted by Crippen LogP contribution is 2.21. The molecule has 4 rings (SSSR count). The van der Waals surface area contributed by atoms with Crippen molar-refractivity contribution in [3.63, 3.8) is 0 Å². The van der Waals surface area contributed by atoms with Gasteiger partial charge in [0.25, 0.3) is 5.91 Å². The van der Waals surface area contributed by atoms with Crippen LogP contribution in [0.15, 0.2) is 61.2 Å². The Bertz CT molecular complexity index is 1490. The largest absolute Gasteiger partial charge is 0.348 e. The predicted octanol–water partition coefficient (Wildman–Crippen LogP) is 1.72. The lowest BCUT2D eigenvalue weighted by Crippen LogP contribution is -2.43. The second kappa shape index (κ2) is 11.0. The molecule has 0 aliphatic carbocycles. The molecule has 3 aromatic heterocycles. The Morgan fingerprint density at radius 1 is 1.03 bits per heavy atom. The minimum atomic E-state index is -3.73. The van der Waals surface area contributed by atoms with Crippen molar-refractivity contribution in [3.8, 4) is 5.69 Å². The quantitative estimate of drug-likeness (QED) is 0.322. The number of amides is 1. The van der Waals surface area contributed by atoms with Crippen molar-refractivity contribution in [1.82, 2.24) is 34.7 Å². The van der Waals surface area contributed by atoms with E-state index in [-0.39, 0.29) is 30.6 Å². The van der Waals surface area contributed by atoms with Crippen LogP contribution in [-0.2, 0) is 16.8 Å². The number of carbonyl (C=O) groups excluding carboxylic acids is 1. The maximum absolute atomic E-state index is 13.3. The lowest BCUT2D eigenvalue weighted by molar-refractivity contribution is 0.0952. The molecular formula is C24H27FN8O3S. The number of halogens is 1. The fraction of sp³-hybridized carbons (Fsp3) is 0.250. The number of anilines is 1. The van der Waals surface area contributed by atoms with Gasteiger partial charge in [0.05, 0.1) is 29.2 Å². The van der Waals surface area contributed by atoms with E-state index in [1.165, 1.54) is 35.9 Å². The molecule has 194 valence electrons. The van der Waals surface area contributed by atoms with E-state index in [0.29, 0.717) is 34.3 Å². The SMILES string of the molecule is CNS(=O)(=O)N(CCN(C)C)c1ccc(CNC(=O)c2cncc3c2cnn3-c2ccc(F)cc2)cn1. The van der Waals surface area contributed by atoms with E-state index >= 15 is 0 Å². The number of likely N-dealkylation sites (N-methyl/N-ethyl adjacent to an activating group) is 1. The maximum Gasteiger partial charge on any atom is 0.302 e. The number of nitrogens with one attached hydrogen (secondary N) is 2. The molecule has 1 aromatic carbocycles. The average Bonchev–Trinajstić information content (AvgIpc) is 3.32. The summed E-state index contributed by atoms with van der Waals surface area (Å²) >= 11 is 0. The van der Waals surface area contributed by atoms with Gasteiger partial charge in [0.15, 0.2) is 0 Å². The molecule has 0 bridgehead atoms. The molecule has 0 spiro atoms. The molecule has 0 unspecified atom stereocenters. The molecule has 1 amide bonds. The summed E-state index contributed by atoms with van der Waals surface area (Å²) in [5.74, 6) is -0.439. The zero-order valence-electron chi connectivity index (χ0n) is 20.6. The van der Waals surface area contributed by atoms with Crippen LogP contribution in [0.3, 0.4) is 0 Å². The minimum Gasteiger partial charge on any atom is -0.348 e. The van der Waals surface area contributed by atoms with Gasteiger partial charge in [-0.05, 0) is 50.0 Å². The monoisotopic (exact) mass is 526 g/mol. The van der Waals surface area contributed by atoms with Crippen LogP contribution in [0.4, 0.5) is 10.2 Å². The summed E-state index contributed by atoms with van der Waals surface area (Å²) in [4.78, 5) is 23.3. The summed E-state index contributed by atoms with van der Waals surface area (Å²) < 4.78 is 43.3. The number of carbonyl (C=O) groups is 1. The molecule has 0 fully saturated rings. The molecule has 0 saturated carbocycles. The lowest BCUT2D eigenvalue weighted by Gasteiger charge is -2.24. The zero-order valence-corrected chi connectivity index (χ0v) is 21.4. The first-order valence-electron chi connectivity index (χ1n) is 11.4. The lowest BCUT2D eigenvalue weighted by atomic mass is 10.1. The first-order valence-corrected chi connectivity index (χ1v) is 12.8. The Morgan fingerprint density at radius 2 is 1.78 bits per heavy atom. The van der Waals surface area contributed by atoms with E-state index in [4.69, 9.17) is 0 Å². The number of hydrogen-bond donors (Lipinski definition) is 2. The van der Waals surface area contributed by atoms with E-state index in [0.717, 1.165) is 0 Å². The number of rotatable bonds is 10. The summed E-state index contributed by atoms with van der Waals surface area (Å²) in [5.41, 5.74) is 2.27. The van der Waals surface area contributed by atoms with E-state index in [9.17, 15) is 17.6 Å². The molecule has 3 heterocycles.